The molecule has 2 aliphatic rings. The number of primary amides is 1. The van der Waals surface area contributed by atoms with Gasteiger partial charge in [-0.3, -0.25) is 9.59 Å². The molecule has 1 aliphatic heterocycles. The van der Waals surface area contributed by atoms with Crippen LogP contribution < -0.4 is 11.1 Å². The van der Waals surface area contributed by atoms with Gasteiger partial charge in [-0.1, -0.05) is 0 Å². The summed E-state index contributed by atoms with van der Waals surface area (Å²) in [5, 5.41) is 2.99. The summed E-state index contributed by atoms with van der Waals surface area (Å²) in [6.07, 6.45) is 2.10. The van der Waals surface area contributed by atoms with Crippen LogP contribution in [0.15, 0.2) is 0 Å². The molecule has 0 aromatic heterocycles. The minimum atomic E-state index is -0.350. The molecule has 5 heteroatoms. The van der Waals surface area contributed by atoms with Gasteiger partial charge in [-0.15, -0.1) is 0 Å². The summed E-state index contributed by atoms with van der Waals surface area (Å²) in [5.41, 5.74) is 4.99. The lowest BCUT2D eigenvalue weighted by Gasteiger charge is -2.39. The third kappa shape index (κ3) is 2.04. The van der Waals surface area contributed by atoms with Crippen molar-refractivity contribution in [3.8, 4) is 0 Å². The van der Waals surface area contributed by atoms with Gasteiger partial charge >= 0.3 is 0 Å². The maximum Gasteiger partial charge on any atom is 0.231 e. The summed E-state index contributed by atoms with van der Waals surface area (Å²) >= 11 is 0. The topological polar surface area (TPSA) is 75.4 Å². The number of nitrogens with zero attached hydrogens (tertiary/aromatic N) is 1. The summed E-state index contributed by atoms with van der Waals surface area (Å²) in [6.45, 7) is 1.65. The molecule has 1 heterocycles. The monoisotopic (exact) mass is 197 g/mol. The lowest BCUT2D eigenvalue weighted by Crippen LogP contribution is -2.61. The quantitative estimate of drug-likeness (QED) is 0.587. The van der Waals surface area contributed by atoms with Gasteiger partial charge in [-0.2, -0.15) is 0 Å². The largest absolute Gasteiger partial charge is 0.369 e. The van der Waals surface area contributed by atoms with Crippen LogP contribution in [0.4, 0.5) is 0 Å². The molecule has 2 fully saturated rings. The number of rotatable bonds is 4. The van der Waals surface area contributed by atoms with E-state index in [1.165, 1.54) is 0 Å². The molecule has 2 amide bonds. The SMILES string of the molecule is NC(=O)CNC1CN(C(=O)C2CC2)C1. The van der Waals surface area contributed by atoms with E-state index in [2.05, 4.69) is 5.32 Å². The standard InChI is InChI=1S/C9H15N3O2/c10-8(13)3-11-7-4-12(5-7)9(14)6-1-2-6/h6-7,11H,1-5H2,(H2,10,13). The molecule has 78 valence electrons. The van der Waals surface area contributed by atoms with E-state index >= 15 is 0 Å². The molecule has 0 atom stereocenters. The molecule has 5 nitrogen and oxygen atoms in total. The Balaban J connectivity index is 1.63. The van der Waals surface area contributed by atoms with E-state index in [1.807, 2.05) is 4.90 Å². The fraction of sp³-hybridized carbons (Fsp3) is 0.778. The highest BCUT2D eigenvalue weighted by Gasteiger charge is 2.38. The predicted octanol–water partition coefficient (Wildman–Crippen LogP) is -1.32. The second-order valence-corrected chi connectivity index (χ2v) is 4.06. The molecule has 0 spiro atoms. The van der Waals surface area contributed by atoms with Gasteiger partial charge in [0.1, 0.15) is 0 Å². The van der Waals surface area contributed by atoms with Crippen molar-refractivity contribution in [2.45, 2.75) is 18.9 Å². The van der Waals surface area contributed by atoms with Crippen molar-refractivity contribution in [1.82, 2.24) is 10.2 Å². The average Bonchev–Trinajstić information content (AvgIpc) is 2.82. The molecule has 0 radical (unpaired) electrons. The highest BCUT2D eigenvalue weighted by molar-refractivity contribution is 5.82. The first-order chi connectivity index (χ1) is 6.66. The number of carbonyl (C=O) groups excluding carboxylic acids is 2. The Bertz CT molecular complexity index is 257. The van der Waals surface area contributed by atoms with Crippen molar-refractivity contribution in [2.75, 3.05) is 19.6 Å². The van der Waals surface area contributed by atoms with Crippen molar-refractivity contribution >= 4 is 11.8 Å². The Morgan fingerprint density at radius 1 is 1.36 bits per heavy atom. The van der Waals surface area contributed by atoms with Gasteiger partial charge in [0, 0.05) is 25.0 Å². The highest BCUT2D eigenvalue weighted by atomic mass is 16.2. The third-order valence-corrected chi connectivity index (χ3v) is 2.68. The van der Waals surface area contributed by atoms with Crippen LogP contribution in [0.5, 0.6) is 0 Å². The van der Waals surface area contributed by atoms with E-state index in [1.54, 1.807) is 0 Å². The van der Waals surface area contributed by atoms with Crippen LogP contribution in [0.1, 0.15) is 12.8 Å². The zero-order chi connectivity index (χ0) is 10.1. The van der Waals surface area contributed by atoms with Crippen LogP contribution in [0, 0.1) is 5.92 Å². The van der Waals surface area contributed by atoms with Gasteiger partial charge in [0.25, 0.3) is 0 Å². The van der Waals surface area contributed by atoms with Gasteiger partial charge in [0.2, 0.25) is 11.8 Å². The molecule has 14 heavy (non-hydrogen) atoms. The number of amides is 2. The zero-order valence-corrected chi connectivity index (χ0v) is 8.03. The third-order valence-electron chi connectivity index (χ3n) is 2.68. The van der Waals surface area contributed by atoms with Gasteiger partial charge in [-0.25, -0.2) is 0 Å². The van der Waals surface area contributed by atoms with Gasteiger partial charge in [0.15, 0.2) is 0 Å². The smallest absolute Gasteiger partial charge is 0.231 e. The lowest BCUT2D eigenvalue weighted by molar-refractivity contribution is -0.137. The Morgan fingerprint density at radius 2 is 2.00 bits per heavy atom. The fourth-order valence-corrected chi connectivity index (χ4v) is 1.62. The average molecular weight is 197 g/mol. The van der Waals surface area contributed by atoms with Crippen molar-refractivity contribution in [1.29, 1.82) is 0 Å². The Morgan fingerprint density at radius 3 is 2.50 bits per heavy atom. The van der Waals surface area contributed by atoms with Gasteiger partial charge in [-0.05, 0) is 12.8 Å². The predicted molar refractivity (Wildman–Crippen MR) is 50.3 cm³/mol. The Labute approximate surface area is 82.6 Å². The van der Waals surface area contributed by atoms with Gasteiger partial charge in [0.05, 0.1) is 6.54 Å². The normalized spacial score (nSPS) is 21.9. The van der Waals surface area contributed by atoms with E-state index in [-0.39, 0.29) is 24.4 Å². The van der Waals surface area contributed by atoms with Crippen LogP contribution in [0.3, 0.4) is 0 Å². The van der Waals surface area contributed by atoms with Crippen LogP contribution in [-0.2, 0) is 9.59 Å². The summed E-state index contributed by atoms with van der Waals surface area (Å²) < 4.78 is 0. The molecular formula is C9H15N3O2. The number of hydrogen-bond donors (Lipinski definition) is 2. The number of carbonyl (C=O) groups is 2. The number of likely N-dealkylation sites (tertiary alicyclic amines) is 1. The van der Waals surface area contributed by atoms with Crippen molar-refractivity contribution in [3.05, 3.63) is 0 Å². The van der Waals surface area contributed by atoms with E-state index in [0.29, 0.717) is 5.92 Å². The lowest BCUT2D eigenvalue weighted by atomic mass is 10.1. The van der Waals surface area contributed by atoms with Crippen LogP contribution in [-0.4, -0.2) is 42.4 Å². The zero-order valence-electron chi connectivity index (χ0n) is 8.03. The molecule has 0 unspecified atom stereocenters. The molecule has 1 saturated carbocycles. The minimum Gasteiger partial charge on any atom is -0.369 e. The second-order valence-electron chi connectivity index (χ2n) is 4.06. The molecule has 0 bridgehead atoms. The number of hydrogen-bond acceptors (Lipinski definition) is 3. The Kier molecular flexibility index (Phi) is 2.41. The number of nitrogens with one attached hydrogen (secondary N) is 1. The van der Waals surface area contributed by atoms with E-state index < -0.39 is 0 Å². The number of nitrogens with two attached hydrogens (primary N) is 1. The highest BCUT2D eigenvalue weighted by Crippen LogP contribution is 2.32. The van der Waals surface area contributed by atoms with E-state index in [4.69, 9.17) is 5.73 Å². The molecule has 2 rings (SSSR count). The van der Waals surface area contributed by atoms with Crippen molar-refractivity contribution in [3.63, 3.8) is 0 Å². The maximum absolute atomic E-state index is 11.5. The van der Waals surface area contributed by atoms with Crippen molar-refractivity contribution in [2.24, 2.45) is 11.7 Å². The molecule has 1 aliphatic carbocycles. The first-order valence-corrected chi connectivity index (χ1v) is 4.97. The van der Waals surface area contributed by atoms with Crippen LogP contribution in [0.2, 0.25) is 0 Å². The Hall–Kier alpha value is -1.10. The fourth-order valence-electron chi connectivity index (χ4n) is 1.62. The molecule has 3 N–H and O–H groups in total. The van der Waals surface area contributed by atoms with E-state index in [0.717, 1.165) is 25.9 Å². The molecular weight excluding hydrogens is 182 g/mol. The molecule has 1 saturated heterocycles. The molecule has 0 aromatic rings. The molecule has 0 aromatic carbocycles. The first kappa shape index (κ1) is 9.45. The van der Waals surface area contributed by atoms with Crippen LogP contribution >= 0.6 is 0 Å². The minimum absolute atomic E-state index is 0.204. The van der Waals surface area contributed by atoms with Gasteiger partial charge < -0.3 is 16.0 Å². The van der Waals surface area contributed by atoms with Crippen molar-refractivity contribution < 1.29 is 9.59 Å². The summed E-state index contributed by atoms with van der Waals surface area (Å²) in [4.78, 5) is 23.8. The maximum atomic E-state index is 11.5. The van der Waals surface area contributed by atoms with Crippen LogP contribution in [0.25, 0.3) is 0 Å². The summed E-state index contributed by atoms with van der Waals surface area (Å²) in [7, 11) is 0. The summed E-state index contributed by atoms with van der Waals surface area (Å²) in [6, 6.07) is 0.255. The first-order valence-electron chi connectivity index (χ1n) is 4.97. The second kappa shape index (κ2) is 3.57. The van der Waals surface area contributed by atoms with E-state index in [9.17, 15) is 9.59 Å². The summed E-state index contributed by atoms with van der Waals surface area (Å²) in [5.74, 6) is 0.228.